The smallest absolute Gasteiger partial charge is 0.335 e. The zero-order chi connectivity index (χ0) is 15.6. The number of amides is 1. The average Bonchev–Trinajstić information content (AvgIpc) is 2.47. The van der Waals surface area contributed by atoms with Crippen LogP contribution in [-0.2, 0) is 14.8 Å². The Morgan fingerprint density at radius 1 is 1.33 bits per heavy atom. The van der Waals surface area contributed by atoms with E-state index in [9.17, 15) is 18.0 Å². The maximum atomic E-state index is 12.5. The zero-order valence-electron chi connectivity index (χ0n) is 11.2. The van der Waals surface area contributed by atoms with Crippen LogP contribution < -0.4 is 5.73 Å². The molecule has 3 N–H and O–H groups in total. The molecule has 2 rings (SSSR count). The molecule has 21 heavy (non-hydrogen) atoms. The van der Waals surface area contributed by atoms with E-state index in [1.165, 1.54) is 22.5 Å². The van der Waals surface area contributed by atoms with Crippen LogP contribution in [0.1, 0.15) is 23.2 Å². The number of benzene rings is 1. The zero-order valence-corrected chi connectivity index (χ0v) is 12.0. The van der Waals surface area contributed by atoms with E-state index >= 15 is 0 Å². The SMILES string of the molecule is NC(=O)[C@H]1CCCN(S(=O)(=O)c2cccc(C(=O)O)c2)C1. The Labute approximate surface area is 122 Å². The van der Waals surface area contributed by atoms with E-state index in [1.54, 1.807) is 0 Å². The molecule has 7 nitrogen and oxygen atoms in total. The summed E-state index contributed by atoms with van der Waals surface area (Å²) in [5, 5.41) is 8.93. The molecular formula is C13H16N2O5S. The van der Waals surface area contributed by atoms with Gasteiger partial charge in [0.2, 0.25) is 15.9 Å². The first-order valence-electron chi connectivity index (χ1n) is 6.45. The number of nitrogens with two attached hydrogens (primary N) is 1. The van der Waals surface area contributed by atoms with Crippen molar-refractivity contribution in [1.82, 2.24) is 4.31 Å². The van der Waals surface area contributed by atoms with Crippen molar-refractivity contribution in [2.45, 2.75) is 17.7 Å². The minimum absolute atomic E-state index is 0.0367. The minimum atomic E-state index is -3.82. The van der Waals surface area contributed by atoms with Gasteiger partial charge in [0.05, 0.1) is 16.4 Å². The molecule has 1 amide bonds. The number of carboxylic acid groups (broad SMARTS) is 1. The molecule has 0 unspecified atom stereocenters. The van der Waals surface area contributed by atoms with Gasteiger partial charge in [-0.2, -0.15) is 4.31 Å². The molecular weight excluding hydrogens is 296 g/mol. The normalized spacial score (nSPS) is 20.1. The van der Waals surface area contributed by atoms with Crippen molar-refractivity contribution in [1.29, 1.82) is 0 Å². The summed E-state index contributed by atoms with van der Waals surface area (Å²) in [5.74, 6) is -2.22. The molecule has 0 radical (unpaired) electrons. The van der Waals surface area contributed by atoms with Crippen molar-refractivity contribution in [3.8, 4) is 0 Å². The molecule has 0 aliphatic carbocycles. The summed E-state index contributed by atoms with van der Waals surface area (Å²) in [4.78, 5) is 22.1. The summed E-state index contributed by atoms with van der Waals surface area (Å²) in [6.45, 7) is 0.332. The molecule has 1 aromatic rings. The third-order valence-corrected chi connectivity index (χ3v) is 5.37. The minimum Gasteiger partial charge on any atom is -0.478 e. The number of hydrogen-bond donors (Lipinski definition) is 2. The molecule has 1 fully saturated rings. The van der Waals surface area contributed by atoms with Crippen molar-refractivity contribution in [3.05, 3.63) is 29.8 Å². The number of carbonyl (C=O) groups is 2. The quantitative estimate of drug-likeness (QED) is 0.827. The Hall–Kier alpha value is -1.93. The van der Waals surface area contributed by atoms with Gasteiger partial charge in [0.25, 0.3) is 0 Å². The van der Waals surface area contributed by atoms with E-state index < -0.39 is 27.8 Å². The lowest BCUT2D eigenvalue weighted by Gasteiger charge is -2.30. The van der Waals surface area contributed by atoms with Crippen molar-refractivity contribution in [3.63, 3.8) is 0 Å². The molecule has 0 saturated carbocycles. The second kappa shape index (κ2) is 5.82. The molecule has 1 heterocycles. The molecule has 1 atom stereocenters. The van der Waals surface area contributed by atoms with E-state index in [2.05, 4.69) is 0 Å². The summed E-state index contributed by atoms with van der Waals surface area (Å²) in [6.07, 6.45) is 1.11. The topological polar surface area (TPSA) is 118 Å². The molecule has 1 saturated heterocycles. The molecule has 0 spiro atoms. The van der Waals surface area contributed by atoms with E-state index in [1.807, 2.05) is 0 Å². The van der Waals surface area contributed by atoms with Gasteiger partial charge in [0.15, 0.2) is 0 Å². The first kappa shape index (κ1) is 15.5. The van der Waals surface area contributed by atoms with E-state index in [-0.39, 0.29) is 17.0 Å². The van der Waals surface area contributed by atoms with Crippen molar-refractivity contribution < 1.29 is 23.1 Å². The predicted molar refractivity (Wildman–Crippen MR) is 74.1 cm³/mol. The van der Waals surface area contributed by atoms with Crippen LogP contribution in [0.15, 0.2) is 29.2 Å². The maximum Gasteiger partial charge on any atom is 0.335 e. The van der Waals surface area contributed by atoms with Crippen LogP contribution >= 0.6 is 0 Å². The van der Waals surface area contributed by atoms with Crippen LogP contribution in [-0.4, -0.2) is 42.8 Å². The van der Waals surface area contributed by atoms with Crippen molar-refractivity contribution >= 4 is 21.9 Å². The van der Waals surface area contributed by atoms with Gasteiger partial charge in [0, 0.05) is 13.1 Å². The fourth-order valence-electron chi connectivity index (χ4n) is 2.33. The number of aromatic carboxylic acids is 1. The molecule has 1 aliphatic heterocycles. The lowest BCUT2D eigenvalue weighted by Crippen LogP contribution is -2.44. The first-order chi connectivity index (χ1) is 9.82. The van der Waals surface area contributed by atoms with E-state index in [4.69, 9.17) is 10.8 Å². The summed E-state index contributed by atoms with van der Waals surface area (Å²) in [7, 11) is -3.82. The summed E-state index contributed by atoms with van der Waals surface area (Å²) in [6, 6.07) is 5.16. The highest BCUT2D eigenvalue weighted by Gasteiger charge is 2.32. The average molecular weight is 312 g/mol. The lowest BCUT2D eigenvalue weighted by atomic mass is 9.99. The van der Waals surface area contributed by atoms with Crippen LogP contribution in [0, 0.1) is 5.92 Å². The van der Waals surface area contributed by atoms with Crippen LogP contribution in [0.25, 0.3) is 0 Å². The highest BCUT2D eigenvalue weighted by atomic mass is 32.2. The second-order valence-corrected chi connectivity index (χ2v) is 6.88. The summed E-state index contributed by atoms with van der Waals surface area (Å²) in [5.41, 5.74) is 5.14. The van der Waals surface area contributed by atoms with Crippen molar-refractivity contribution in [2.75, 3.05) is 13.1 Å². The van der Waals surface area contributed by atoms with Gasteiger partial charge in [-0.15, -0.1) is 0 Å². The molecule has 0 aromatic heterocycles. The van der Waals surface area contributed by atoms with Gasteiger partial charge < -0.3 is 10.8 Å². The van der Waals surface area contributed by atoms with Crippen LogP contribution in [0.5, 0.6) is 0 Å². The van der Waals surface area contributed by atoms with E-state index in [0.717, 1.165) is 6.07 Å². The fraction of sp³-hybridized carbons (Fsp3) is 0.385. The first-order valence-corrected chi connectivity index (χ1v) is 7.89. The highest BCUT2D eigenvalue weighted by Crippen LogP contribution is 2.24. The van der Waals surface area contributed by atoms with Gasteiger partial charge >= 0.3 is 5.97 Å². The number of hydrogen-bond acceptors (Lipinski definition) is 4. The molecule has 114 valence electrons. The van der Waals surface area contributed by atoms with Gasteiger partial charge in [0.1, 0.15) is 0 Å². The predicted octanol–water partition coefficient (Wildman–Crippen LogP) is 0.271. The Balaban J connectivity index is 2.31. The largest absolute Gasteiger partial charge is 0.478 e. The van der Waals surface area contributed by atoms with Gasteiger partial charge in [-0.25, -0.2) is 13.2 Å². The number of primary amides is 1. The molecule has 1 aromatic carbocycles. The van der Waals surface area contributed by atoms with Gasteiger partial charge in [-0.05, 0) is 31.0 Å². The third kappa shape index (κ3) is 3.22. The van der Waals surface area contributed by atoms with Crippen LogP contribution in [0.4, 0.5) is 0 Å². The Bertz CT molecular complexity index is 671. The van der Waals surface area contributed by atoms with E-state index in [0.29, 0.717) is 19.4 Å². The number of carbonyl (C=O) groups excluding carboxylic acids is 1. The van der Waals surface area contributed by atoms with Gasteiger partial charge in [-0.1, -0.05) is 6.07 Å². The Morgan fingerprint density at radius 2 is 2.05 bits per heavy atom. The number of nitrogens with zero attached hydrogens (tertiary/aromatic N) is 1. The molecule has 0 bridgehead atoms. The number of rotatable bonds is 4. The Kier molecular flexibility index (Phi) is 4.29. The summed E-state index contributed by atoms with van der Waals surface area (Å²) >= 11 is 0. The number of sulfonamides is 1. The van der Waals surface area contributed by atoms with Crippen molar-refractivity contribution in [2.24, 2.45) is 11.7 Å². The highest BCUT2D eigenvalue weighted by molar-refractivity contribution is 7.89. The molecule has 8 heteroatoms. The number of carboxylic acids is 1. The number of piperidine rings is 1. The fourth-order valence-corrected chi connectivity index (χ4v) is 3.90. The van der Waals surface area contributed by atoms with Crippen LogP contribution in [0.2, 0.25) is 0 Å². The standard InChI is InChI=1S/C13H16N2O5S/c14-12(16)10-4-2-6-15(8-10)21(19,20)11-5-1-3-9(7-11)13(17)18/h1,3,5,7,10H,2,4,6,8H2,(H2,14,16)(H,17,18)/t10-/m0/s1. The summed E-state index contributed by atoms with van der Waals surface area (Å²) < 4.78 is 26.2. The van der Waals surface area contributed by atoms with Crippen LogP contribution in [0.3, 0.4) is 0 Å². The lowest BCUT2D eigenvalue weighted by molar-refractivity contribution is -0.122. The maximum absolute atomic E-state index is 12.5. The molecule has 1 aliphatic rings. The monoisotopic (exact) mass is 312 g/mol. The Morgan fingerprint density at radius 3 is 2.67 bits per heavy atom. The third-order valence-electron chi connectivity index (χ3n) is 3.51. The second-order valence-electron chi connectivity index (χ2n) is 4.94. The van der Waals surface area contributed by atoms with Gasteiger partial charge in [-0.3, -0.25) is 4.79 Å².